The van der Waals surface area contributed by atoms with Gasteiger partial charge in [-0.1, -0.05) is 0 Å². The molecular weight excluding hydrogens is 186 g/mol. The first-order valence-corrected chi connectivity index (χ1v) is 6.28. The minimum atomic E-state index is 0.340. The highest BCUT2D eigenvalue weighted by Crippen LogP contribution is 2.42. The molecule has 88 valence electrons. The van der Waals surface area contributed by atoms with Gasteiger partial charge in [-0.05, 0) is 65.5 Å². The topological polar surface area (TPSA) is 12.5 Å². The molecule has 2 heteroatoms. The average molecular weight is 211 g/mol. The van der Waals surface area contributed by atoms with Crippen LogP contribution in [0.3, 0.4) is 0 Å². The fourth-order valence-electron chi connectivity index (χ4n) is 3.05. The first kappa shape index (κ1) is 11.4. The zero-order valence-corrected chi connectivity index (χ0v) is 10.7. The molecule has 0 aliphatic carbocycles. The van der Waals surface area contributed by atoms with Gasteiger partial charge in [0.2, 0.25) is 0 Å². The smallest absolute Gasteiger partial charge is 0.0553 e. The SMILES string of the molecule is CC1CC2(CCN(C(C)(C)C)CC2)CO1. The normalized spacial score (nSPS) is 32.4. The molecule has 2 aliphatic heterocycles. The van der Waals surface area contributed by atoms with E-state index in [1.807, 2.05) is 0 Å². The fraction of sp³-hybridized carbons (Fsp3) is 1.00. The quantitative estimate of drug-likeness (QED) is 0.611. The van der Waals surface area contributed by atoms with Crippen molar-refractivity contribution in [2.45, 2.75) is 58.6 Å². The summed E-state index contributed by atoms with van der Waals surface area (Å²) in [5, 5.41) is 0. The lowest BCUT2D eigenvalue weighted by Gasteiger charge is -2.44. The lowest BCUT2D eigenvalue weighted by molar-refractivity contribution is 0.0318. The highest BCUT2D eigenvalue weighted by molar-refractivity contribution is 4.93. The van der Waals surface area contributed by atoms with Gasteiger partial charge >= 0.3 is 0 Å². The summed E-state index contributed by atoms with van der Waals surface area (Å²) in [5.41, 5.74) is 0.869. The summed E-state index contributed by atoms with van der Waals surface area (Å²) in [6.07, 6.45) is 4.43. The van der Waals surface area contributed by atoms with Crippen molar-refractivity contribution in [2.75, 3.05) is 19.7 Å². The van der Waals surface area contributed by atoms with Crippen LogP contribution in [0.15, 0.2) is 0 Å². The van der Waals surface area contributed by atoms with Crippen LogP contribution >= 0.6 is 0 Å². The molecule has 0 aromatic carbocycles. The van der Waals surface area contributed by atoms with E-state index in [9.17, 15) is 0 Å². The van der Waals surface area contributed by atoms with Crippen LogP contribution in [0.1, 0.15) is 47.0 Å². The third kappa shape index (κ3) is 2.36. The summed E-state index contributed by atoms with van der Waals surface area (Å²) < 4.78 is 5.75. The number of rotatable bonds is 0. The van der Waals surface area contributed by atoms with Crippen molar-refractivity contribution in [3.8, 4) is 0 Å². The first-order chi connectivity index (χ1) is 6.91. The molecule has 0 aromatic rings. The lowest BCUT2D eigenvalue weighted by atomic mass is 9.76. The molecule has 0 aromatic heterocycles. The molecule has 2 saturated heterocycles. The van der Waals surface area contributed by atoms with Gasteiger partial charge in [-0.2, -0.15) is 0 Å². The van der Waals surface area contributed by atoms with Crippen molar-refractivity contribution in [3.05, 3.63) is 0 Å². The predicted molar refractivity (Wildman–Crippen MR) is 63.0 cm³/mol. The van der Waals surface area contributed by atoms with Gasteiger partial charge in [0, 0.05) is 5.54 Å². The van der Waals surface area contributed by atoms with E-state index < -0.39 is 0 Å². The summed E-state index contributed by atoms with van der Waals surface area (Å²) in [5.74, 6) is 0. The number of hydrogen-bond donors (Lipinski definition) is 0. The molecular formula is C13H25NO. The van der Waals surface area contributed by atoms with Crippen molar-refractivity contribution in [1.82, 2.24) is 4.90 Å². The Labute approximate surface area is 94.0 Å². The van der Waals surface area contributed by atoms with Crippen molar-refractivity contribution in [2.24, 2.45) is 5.41 Å². The van der Waals surface area contributed by atoms with Crippen LogP contribution < -0.4 is 0 Å². The van der Waals surface area contributed by atoms with Gasteiger partial charge in [0.25, 0.3) is 0 Å². The molecule has 0 N–H and O–H groups in total. The van der Waals surface area contributed by atoms with Crippen LogP contribution in [0.5, 0.6) is 0 Å². The number of hydrogen-bond acceptors (Lipinski definition) is 2. The first-order valence-electron chi connectivity index (χ1n) is 6.28. The molecule has 2 heterocycles. The zero-order valence-electron chi connectivity index (χ0n) is 10.7. The van der Waals surface area contributed by atoms with E-state index in [4.69, 9.17) is 4.74 Å². The maximum Gasteiger partial charge on any atom is 0.0553 e. The monoisotopic (exact) mass is 211 g/mol. The number of nitrogens with zero attached hydrogens (tertiary/aromatic N) is 1. The second-order valence-electron chi connectivity index (χ2n) is 6.48. The van der Waals surface area contributed by atoms with Gasteiger partial charge < -0.3 is 4.74 Å². The lowest BCUT2D eigenvalue weighted by Crippen LogP contribution is -2.49. The molecule has 0 radical (unpaired) electrons. The zero-order chi connectivity index (χ0) is 11.1. The third-order valence-corrected chi connectivity index (χ3v) is 4.17. The van der Waals surface area contributed by atoms with E-state index in [1.165, 1.54) is 32.4 Å². The highest BCUT2D eigenvalue weighted by Gasteiger charge is 2.42. The number of likely N-dealkylation sites (tertiary alicyclic amines) is 1. The predicted octanol–water partition coefficient (Wildman–Crippen LogP) is 2.68. The van der Waals surface area contributed by atoms with Crippen molar-refractivity contribution < 1.29 is 4.74 Å². The molecule has 2 nitrogen and oxygen atoms in total. The van der Waals surface area contributed by atoms with E-state index in [1.54, 1.807) is 0 Å². The molecule has 2 aliphatic rings. The third-order valence-electron chi connectivity index (χ3n) is 4.17. The van der Waals surface area contributed by atoms with Crippen LogP contribution in [-0.2, 0) is 4.74 Å². The summed E-state index contributed by atoms with van der Waals surface area (Å²) >= 11 is 0. The standard InChI is InChI=1S/C13H25NO/c1-11-9-13(10-15-11)5-7-14(8-6-13)12(2,3)4/h11H,5-10H2,1-4H3. The maximum absolute atomic E-state index is 5.75. The summed E-state index contributed by atoms with van der Waals surface area (Å²) in [6, 6.07) is 0. The second-order valence-corrected chi connectivity index (χ2v) is 6.48. The summed E-state index contributed by atoms with van der Waals surface area (Å²) in [6.45, 7) is 12.7. The van der Waals surface area contributed by atoms with E-state index in [2.05, 4.69) is 32.6 Å². The molecule has 2 rings (SSSR count). The van der Waals surface area contributed by atoms with Crippen LogP contribution in [0.2, 0.25) is 0 Å². The van der Waals surface area contributed by atoms with E-state index in [0.29, 0.717) is 17.1 Å². The molecule has 15 heavy (non-hydrogen) atoms. The van der Waals surface area contributed by atoms with Gasteiger partial charge in [0.05, 0.1) is 12.7 Å². The minimum Gasteiger partial charge on any atom is -0.378 e. The fourth-order valence-corrected chi connectivity index (χ4v) is 3.05. The van der Waals surface area contributed by atoms with E-state index >= 15 is 0 Å². The van der Waals surface area contributed by atoms with Crippen LogP contribution in [-0.4, -0.2) is 36.2 Å². The van der Waals surface area contributed by atoms with E-state index in [-0.39, 0.29) is 0 Å². The Morgan fingerprint density at radius 3 is 2.20 bits per heavy atom. The van der Waals surface area contributed by atoms with Crippen LogP contribution in [0, 0.1) is 5.41 Å². The van der Waals surface area contributed by atoms with Crippen molar-refractivity contribution in [1.29, 1.82) is 0 Å². The number of ether oxygens (including phenoxy) is 1. The van der Waals surface area contributed by atoms with Crippen molar-refractivity contribution in [3.63, 3.8) is 0 Å². The molecule has 0 amide bonds. The van der Waals surface area contributed by atoms with E-state index in [0.717, 1.165) is 6.61 Å². The Hall–Kier alpha value is -0.0800. The summed E-state index contributed by atoms with van der Waals surface area (Å²) in [4.78, 5) is 2.61. The molecule has 2 fully saturated rings. The van der Waals surface area contributed by atoms with Crippen molar-refractivity contribution >= 4 is 0 Å². The van der Waals surface area contributed by atoms with Gasteiger partial charge in [-0.3, -0.25) is 4.90 Å². The molecule has 1 spiro atoms. The van der Waals surface area contributed by atoms with Crippen LogP contribution in [0.25, 0.3) is 0 Å². The largest absolute Gasteiger partial charge is 0.378 e. The Morgan fingerprint density at radius 1 is 1.20 bits per heavy atom. The van der Waals surface area contributed by atoms with Gasteiger partial charge in [0.15, 0.2) is 0 Å². The summed E-state index contributed by atoms with van der Waals surface area (Å²) in [7, 11) is 0. The maximum atomic E-state index is 5.75. The Bertz CT molecular complexity index is 223. The van der Waals surface area contributed by atoms with Crippen LogP contribution in [0.4, 0.5) is 0 Å². The Kier molecular flexibility index (Phi) is 2.85. The van der Waals surface area contributed by atoms with Gasteiger partial charge in [-0.15, -0.1) is 0 Å². The minimum absolute atomic E-state index is 0.340. The molecule has 0 saturated carbocycles. The molecule has 1 unspecified atom stereocenters. The molecule has 1 atom stereocenters. The van der Waals surface area contributed by atoms with Gasteiger partial charge in [-0.25, -0.2) is 0 Å². The Balaban J connectivity index is 1.92. The average Bonchev–Trinajstić information content (AvgIpc) is 2.47. The number of piperidine rings is 1. The van der Waals surface area contributed by atoms with Gasteiger partial charge in [0.1, 0.15) is 0 Å². The molecule has 0 bridgehead atoms. The second kappa shape index (κ2) is 3.74. The Morgan fingerprint density at radius 2 is 1.80 bits per heavy atom. The highest BCUT2D eigenvalue weighted by atomic mass is 16.5.